The Kier molecular flexibility index (Phi) is 4.77. The number of carboxylic acids is 1. The second-order valence-corrected chi connectivity index (χ2v) is 5.43. The number of aromatic carboxylic acids is 1. The standard InChI is InChI=1S/C15H19FN2O3/c1-9(10-4-2-3-5-10)17-15(21)18-13-8-11(16)6-7-12(13)14(19)20/h6-10H,2-5H2,1H3,(H,19,20)(H2,17,18,21). The van der Waals surface area contributed by atoms with Gasteiger partial charge < -0.3 is 15.7 Å². The molecule has 1 aromatic rings. The van der Waals surface area contributed by atoms with E-state index in [1.807, 2.05) is 6.92 Å². The van der Waals surface area contributed by atoms with Crippen LogP contribution in [-0.2, 0) is 0 Å². The Hall–Kier alpha value is -2.11. The quantitative estimate of drug-likeness (QED) is 0.797. The van der Waals surface area contributed by atoms with Crippen LogP contribution in [0.15, 0.2) is 18.2 Å². The highest BCUT2D eigenvalue weighted by molar-refractivity contribution is 6.00. The second-order valence-electron chi connectivity index (χ2n) is 5.43. The summed E-state index contributed by atoms with van der Waals surface area (Å²) < 4.78 is 13.2. The molecule has 114 valence electrons. The first-order valence-electron chi connectivity index (χ1n) is 7.07. The Morgan fingerprint density at radius 3 is 2.62 bits per heavy atom. The third-order valence-corrected chi connectivity index (χ3v) is 3.93. The molecule has 0 saturated heterocycles. The van der Waals surface area contributed by atoms with E-state index in [0.29, 0.717) is 5.92 Å². The number of nitrogens with one attached hydrogen (secondary N) is 2. The van der Waals surface area contributed by atoms with E-state index in [2.05, 4.69) is 10.6 Å². The van der Waals surface area contributed by atoms with Crippen LogP contribution >= 0.6 is 0 Å². The van der Waals surface area contributed by atoms with Gasteiger partial charge in [0.2, 0.25) is 0 Å². The molecule has 2 rings (SSSR count). The predicted molar refractivity (Wildman–Crippen MR) is 76.9 cm³/mol. The smallest absolute Gasteiger partial charge is 0.337 e. The molecule has 0 heterocycles. The van der Waals surface area contributed by atoms with Crippen molar-refractivity contribution in [1.29, 1.82) is 0 Å². The first-order valence-corrected chi connectivity index (χ1v) is 7.07. The maximum Gasteiger partial charge on any atom is 0.337 e. The maximum absolute atomic E-state index is 13.2. The molecule has 3 N–H and O–H groups in total. The third-order valence-electron chi connectivity index (χ3n) is 3.93. The van der Waals surface area contributed by atoms with E-state index in [1.165, 1.54) is 12.8 Å². The van der Waals surface area contributed by atoms with Crippen LogP contribution in [0.1, 0.15) is 43.0 Å². The van der Waals surface area contributed by atoms with E-state index >= 15 is 0 Å². The van der Waals surface area contributed by atoms with Crippen molar-refractivity contribution < 1.29 is 19.1 Å². The summed E-state index contributed by atoms with van der Waals surface area (Å²) in [6.45, 7) is 1.93. The van der Waals surface area contributed by atoms with Gasteiger partial charge in [-0.05, 0) is 43.9 Å². The normalized spacial score (nSPS) is 16.5. The molecule has 0 aliphatic heterocycles. The van der Waals surface area contributed by atoms with E-state index in [0.717, 1.165) is 31.0 Å². The lowest BCUT2D eigenvalue weighted by Crippen LogP contribution is -2.40. The van der Waals surface area contributed by atoms with Crippen LogP contribution in [0.3, 0.4) is 0 Å². The molecule has 5 nitrogen and oxygen atoms in total. The van der Waals surface area contributed by atoms with Crippen LogP contribution in [0.4, 0.5) is 14.9 Å². The van der Waals surface area contributed by atoms with Crippen LogP contribution < -0.4 is 10.6 Å². The molecule has 0 radical (unpaired) electrons. The fourth-order valence-electron chi connectivity index (χ4n) is 2.75. The molecule has 2 amide bonds. The van der Waals surface area contributed by atoms with Crippen molar-refractivity contribution in [1.82, 2.24) is 5.32 Å². The van der Waals surface area contributed by atoms with Crippen molar-refractivity contribution in [2.45, 2.75) is 38.6 Å². The number of anilines is 1. The molecule has 21 heavy (non-hydrogen) atoms. The summed E-state index contributed by atoms with van der Waals surface area (Å²) >= 11 is 0. The van der Waals surface area contributed by atoms with Gasteiger partial charge in [0.1, 0.15) is 5.82 Å². The summed E-state index contributed by atoms with van der Waals surface area (Å²) in [4.78, 5) is 23.0. The van der Waals surface area contributed by atoms with Gasteiger partial charge >= 0.3 is 12.0 Å². The average Bonchev–Trinajstić information content (AvgIpc) is 2.91. The number of hydrogen-bond acceptors (Lipinski definition) is 2. The van der Waals surface area contributed by atoms with Gasteiger partial charge in [-0.15, -0.1) is 0 Å². The number of carbonyl (C=O) groups is 2. The van der Waals surface area contributed by atoms with Gasteiger partial charge in [-0.2, -0.15) is 0 Å². The third kappa shape index (κ3) is 3.93. The molecule has 0 bridgehead atoms. The molecule has 0 aromatic heterocycles. The van der Waals surface area contributed by atoms with E-state index in [-0.39, 0.29) is 17.3 Å². The molecule has 1 aliphatic carbocycles. The van der Waals surface area contributed by atoms with Crippen LogP contribution in [0, 0.1) is 11.7 Å². The SMILES string of the molecule is CC(NC(=O)Nc1cc(F)ccc1C(=O)O)C1CCCC1. The van der Waals surface area contributed by atoms with Gasteiger partial charge in [0.05, 0.1) is 11.3 Å². The van der Waals surface area contributed by atoms with Crippen molar-refractivity contribution in [3.8, 4) is 0 Å². The molecule has 1 atom stereocenters. The number of benzene rings is 1. The summed E-state index contributed by atoms with van der Waals surface area (Å²) in [5.74, 6) is -1.37. The lowest BCUT2D eigenvalue weighted by Gasteiger charge is -2.20. The van der Waals surface area contributed by atoms with Crippen LogP contribution in [0.2, 0.25) is 0 Å². The zero-order chi connectivity index (χ0) is 15.4. The van der Waals surface area contributed by atoms with Crippen molar-refractivity contribution in [2.75, 3.05) is 5.32 Å². The fraction of sp³-hybridized carbons (Fsp3) is 0.467. The summed E-state index contributed by atoms with van der Waals surface area (Å²) in [5, 5.41) is 14.2. The molecule has 1 fully saturated rings. The largest absolute Gasteiger partial charge is 0.478 e. The first-order chi connectivity index (χ1) is 9.97. The Labute approximate surface area is 122 Å². The van der Waals surface area contributed by atoms with E-state index in [4.69, 9.17) is 5.11 Å². The number of carbonyl (C=O) groups excluding carboxylic acids is 1. The first kappa shape index (κ1) is 15.3. The monoisotopic (exact) mass is 294 g/mol. The molecule has 0 spiro atoms. The fourth-order valence-corrected chi connectivity index (χ4v) is 2.75. The Morgan fingerprint density at radius 2 is 2.00 bits per heavy atom. The molecule has 6 heteroatoms. The van der Waals surface area contributed by atoms with Crippen LogP contribution in [-0.4, -0.2) is 23.1 Å². The lowest BCUT2D eigenvalue weighted by atomic mass is 10.0. The van der Waals surface area contributed by atoms with Crippen molar-refractivity contribution >= 4 is 17.7 Å². The maximum atomic E-state index is 13.2. The minimum absolute atomic E-state index is 0.00865. The highest BCUT2D eigenvalue weighted by atomic mass is 19.1. The summed E-state index contributed by atoms with van der Waals surface area (Å²) in [5.41, 5.74) is -0.182. The zero-order valence-corrected chi connectivity index (χ0v) is 11.9. The summed E-state index contributed by atoms with van der Waals surface area (Å²) in [6, 6.07) is 2.68. The van der Waals surface area contributed by atoms with E-state index in [9.17, 15) is 14.0 Å². The van der Waals surface area contributed by atoms with Gasteiger partial charge in [-0.3, -0.25) is 0 Å². The molecular weight excluding hydrogens is 275 g/mol. The average molecular weight is 294 g/mol. The summed E-state index contributed by atoms with van der Waals surface area (Å²) in [6.07, 6.45) is 4.51. The number of urea groups is 1. The van der Waals surface area contributed by atoms with Crippen molar-refractivity contribution in [3.05, 3.63) is 29.6 Å². The number of rotatable bonds is 4. The summed E-state index contributed by atoms with van der Waals surface area (Å²) in [7, 11) is 0. The number of amides is 2. The number of hydrogen-bond donors (Lipinski definition) is 3. The molecule has 1 aromatic carbocycles. The van der Waals surface area contributed by atoms with Gasteiger partial charge in [0.25, 0.3) is 0 Å². The molecule has 1 saturated carbocycles. The minimum Gasteiger partial charge on any atom is -0.478 e. The second kappa shape index (κ2) is 6.56. The van der Waals surface area contributed by atoms with E-state index in [1.54, 1.807) is 0 Å². The molecule has 1 aliphatic rings. The highest BCUT2D eigenvalue weighted by Gasteiger charge is 2.23. The van der Waals surface area contributed by atoms with E-state index < -0.39 is 17.8 Å². The van der Waals surface area contributed by atoms with Crippen LogP contribution in [0.5, 0.6) is 0 Å². The topological polar surface area (TPSA) is 78.4 Å². The molecule has 1 unspecified atom stereocenters. The van der Waals surface area contributed by atoms with Crippen LogP contribution in [0.25, 0.3) is 0 Å². The van der Waals surface area contributed by atoms with Gasteiger partial charge in [-0.1, -0.05) is 12.8 Å². The van der Waals surface area contributed by atoms with Crippen molar-refractivity contribution in [2.24, 2.45) is 5.92 Å². The van der Waals surface area contributed by atoms with Gasteiger partial charge in [0, 0.05) is 6.04 Å². The molecular formula is C15H19FN2O3. The minimum atomic E-state index is -1.21. The highest BCUT2D eigenvalue weighted by Crippen LogP contribution is 2.27. The van der Waals surface area contributed by atoms with Gasteiger partial charge in [-0.25, -0.2) is 14.0 Å². The number of carboxylic acid groups (broad SMARTS) is 1. The Morgan fingerprint density at radius 1 is 1.33 bits per heavy atom. The number of halogens is 1. The Bertz CT molecular complexity index is 542. The van der Waals surface area contributed by atoms with Gasteiger partial charge in [0.15, 0.2) is 0 Å². The van der Waals surface area contributed by atoms with Crippen molar-refractivity contribution in [3.63, 3.8) is 0 Å². The Balaban J connectivity index is 2.02. The predicted octanol–water partition coefficient (Wildman–Crippen LogP) is 3.22. The zero-order valence-electron chi connectivity index (χ0n) is 11.9. The lowest BCUT2D eigenvalue weighted by molar-refractivity contribution is 0.0698.